The van der Waals surface area contributed by atoms with Crippen LogP contribution in [0.2, 0.25) is 0 Å². The van der Waals surface area contributed by atoms with Gasteiger partial charge in [0.05, 0.1) is 7.11 Å². The number of esters is 1. The van der Waals surface area contributed by atoms with Crippen molar-refractivity contribution in [3.05, 3.63) is 11.1 Å². The molecule has 0 radical (unpaired) electrons. The number of ether oxygens (including phenoxy) is 1. The summed E-state index contributed by atoms with van der Waals surface area (Å²) in [6.07, 6.45) is 2.78. The van der Waals surface area contributed by atoms with Crippen LogP contribution >= 0.6 is 0 Å². The van der Waals surface area contributed by atoms with Gasteiger partial charge in [0.15, 0.2) is 0 Å². The van der Waals surface area contributed by atoms with Crippen molar-refractivity contribution in [1.82, 2.24) is 0 Å². The maximum absolute atomic E-state index is 11.5. The molecule has 88 valence electrons. The number of hydrogen-bond donors (Lipinski definition) is 0. The highest BCUT2D eigenvalue weighted by atomic mass is 16.5. The minimum absolute atomic E-state index is 0.170. The van der Waals surface area contributed by atoms with E-state index in [4.69, 9.17) is 5.26 Å². The molecule has 1 saturated carbocycles. The maximum atomic E-state index is 11.5. The molecule has 0 spiro atoms. The van der Waals surface area contributed by atoms with Gasteiger partial charge >= 0.3 is 5.97 Å². The van der Waals surface area contributed by atoms with Crippen molar-refractivity contribution in [1.29, 1.82) is 5.26 Å². The second kappa shape index (κ2) is 4.69. The van der Waals surface area contributed by atoms with E-state index < -0.39 is 5.97 Å². The predicted molar refractivity (Wildman–Crippen MR) is 61.5 cm³/mol. The van der Waals surface area contributed by atoms with Crippen LogP contribution in [0.5, 0.6) is 0 Å². The maximum Gasteiger partial charge on any atom is 0.348 e. The minimum atomic E-state index is -0.498. The van der Waals surface area contributed by atoms with Crippen LogP contribution in [0, 0.1) is 22.7 Å². The molecular weight excluding hydrogens is 202 g/mol. The van der Waals surface area contributed by atoms with E-state index in [1.807, 2.05) is 6.07 Å². The van der Waals surface area contributed by atoms with Crippen LogP contribution < -0.4 is 0 Å². The van der Waals surface area contributed by atoms with E-state index in [1.54, 1.807) is 0 Å². The molecule has 3 heteroatoms. The molecule has 0 heterocycles. The zero-order chi connectivity index (χ0) is 12.3. The Labute approximate surface area is 97.1 Å². The average Bonchev–Trinajstić information content (AvgIpc) is 2.15. The summed E-state index contributed by atoms with van der Waals surface area (Å²) in [7, 11) is 1.32. The first-order chi connectivity index (χ1) is 7.39. The van der Waals surface area contributed by atoms with Gasteiger partial charge in [-0.15, -0.1) is 0 Å². The predicted octanol–water partition coefficient (Wildman–Crippen LogP) is 2.83. The van der Waals surface area contributed by atoms with Crippen molar-refractivity contribution in [2.45, 2.75) is 40.0 Å². The van der Waals surface area contributed by atoms with E-state index in [0.717, 1.165) is 24.8 Å². The Balaban J connectivity index is 3.05. The van der Waals surface area contributed by atoms with Gasteiger partial charge in [0.25, 0.3) is 0 Å². The van der Waals surface area contributed by atoms with Crippen molar-refractivity contribution in [2.75, 3.05) is 7.11 Å². The highest BCUT2D eigenvalue weighted by molar-refractivity contribution is 5.93. The number of nitriles is 1. The van der Waals surface area contributed by atoms with Crippen LogP contribution in [-0.4, -0.2) is 13.1 Å². The largest absolute Gasteiger partial charge is 0.465 e. The Hall–Kier alpha value is -1.30. The number of carbonyl (C=O) groups is 1. The Morgan fingerprint density at radius 3 is 2.62 bits per heavy atom. The summed E-state index contributed by atoms with van der Waals surface area (Å²) in [5, 5.41) is 9.03. The number of rotatable bonds is 1. The van der Waals surface area contributed by atoms with E-state index in [-0.39, 0.29) is 11.0 Å². The van der Waals surface area contributed by atoms with E-state index in [2.05, 4.69) is 25.5 Å². The molecule has 0 aromatic carbocycles. The van der Waals surface area contributed by atoms with Gasteiger partial charge in [-0.2, -0.15) is 5.26 Å². The topological polar surface area (TPSA) is 50.1 Å². The number of nitrogens with zero attached hydrogens (tertiary/aromatic N) is 1. The summed E-state index contributed by atoms with van der Waals surface area (Å²) in [6.45, 7) is 6.51. The van der Waals surface area contributed by atoms with Crippen molar-refractivity contribution in [3.8, 4) is 6.07 Å². The lowest BCUT2D eigenvalue weighted by Crippen LogP contribution is -2.24. The molecule has 0 saturated heterocycles. The third-order valence-electron chi connectivity index (χ3n) is 3.04. The van der Waals surface area contributed by atoms with Gasteiger partial charge < -0.3 is 4.74 Å². The molecule has 0 aliphatic heterocycles. The van der Waals surface area contributed by atoms with Gasteiger partial charge in [-0.25, -0.2) is 4.79 Å². The summed E-state index contributed by atoms with van der Waals surface area (Å²) in [4.78, 5) is 11.5. The SMILES string of the molecule is COC(=O)C(C#N)=C1CC(C)CC(C)(C)C1. The van der Waals surface area contributed by atoms with Crippen molar-refractivity contribution >= 4 is 5.97 Å². The van der Waals surface area contributed by atoms with Crippen LogP contribution in [0.15, 0.2) is 11.1 Å². The molecule has 16 heavy (non-hydrogen) atoms. The second-order valence-corrected chi connectivity index (χ2v) is 5.44. The van der Waals surface area contributed by atoms with E-state index in [1.165, 1.54) is 7.11 Å². The average molecular weight is 221 g/mol. The van der Waals surface area contributed by atoms with Crippen LogP contribution in [-0.2, 0) is 9.53 Å². The van der Waals surface area contributed by atoms with Gasteiger partial charge in [0.2, 0.25) is 0 Å². The lowest BCUT2D eigenvalue weighted by atomic mass is 9.69. The second-order valence-electron chi connectivity index (χ2n) is 5.44. The fraction of sp³-hybridized carbons (Fsp3) is 0.692. The smallest absolute Gasteiger partial charge is 0.348 e. The van der Waals surface area contributed by atoms with Crippen molar-refractivity contribution in [3.63, 3.8) is 0 Å². The van der Waals surface area contributed by atoms with Crippen LogP contribution in [0.3, 0.4) is 0 Å². The number of carbonyl (C=O) groups excluding carboxylic acids is 1. The summed E-state index contributed by atoms with van der Waals surface area (Å²) in [5.74, 6) is 0.0224. The highest BCUT2D eigenvalue weighted by Gasteiger charge is 2.31. The molecule has 3 nitrogen and oxygen atoms in total. The lowest BCUT2D eigenvalue weighted by molar-refractivity contribution is -0.135. The van der Waals surface area contributed by atoms with Gasteiger partial charge in [0, 0.05) is 0 Å². The molecule has 1 fully saturated rings. The standard InChI is InChI=1S/C13H19NO2/c1-9-5-10(7-13(2,3)6-9)11(8-14)12(15)16-4/h9H,5-7H2,1-4H3. The third-order valence-corrected chi connectivity index (χ3v) is 3.04. The first-order valence-corrected chi connectivity index (χ1v) is 5.60. The zero-order valence-corrected chi connectivity index (χ0v) is 10.5. The molecule has 0 bridgehead atoms. The van der Waals surface area contributed by atoms with Crippen LogP contribution in [0.4, 0.5) is 0 Å². The fourth-order valence-electron chi connectivity index (χ4n) is 2.72. The molecule has 1 aliphatic rings. The van der Waals surface area contributed by atoms with E-state index in [9.17, 15) is 4.79 Å². The highest BCUT2D eigenvalue weighted by Crippen LogP contribution is 2.42. The lowest BCUT2D eigenvalue weighted by Gasteiger charge is -2.35. The Morgan fingerprint density at radius 1 is 1.56 bits per heavy atom. The number of allylic oxidation sites excluding steroid dienone is 1. The van der Waals surface area contributed by atoms with Crippen LogP contribution in [0.25, 0.3) is 0 Å². The summed E-state index contributed by atoms with van der Waals surface area (Å²) >= 11 is 0. The summed E-state index contributed by atoms with van der Waals surface area (Å²) < 4.78 is 4.64. The fourth-order valence-corrected chi connectivity index (χ4v) is 2.72. The Kier molecular flexibility index (Phi) is 3.74. The Morgan fingerprint density at radius 2 is 2.19 bits per heavy atom. The molecule has 1 aliphatic carbocycles. The summed E-state index contributed by atoms with van der Waals surface area (Å²) in [6, 6.07) is 1.99. The molecule has 0 amide bonds. The van der Waals surface area contributed by atoms with Crippen molar-refractivity contribution < 1.29 is 9.53 Å². The van der Waals surface area contributed by atoms with Gasteiger partial charge in [0.1, 0.15) is 11.6 Å². The van der Waals surface area contributed by atoms with Crippen molar-refractivity contribution in [2.24, 2.45) is 11.3 Å². The first-order valence-electron chi connectivity index (χ1n) is 5.60. The monoisotopic (exact) mass is 221 g/mol. The quantitative estimate of drug-likeness (QED) is 0.388. The Bertz CT molecular complexity index is 361. The number of hydrogen-bond acceptors (Lipinski definition) is 3. The molecule has 0 aromatic heterocycles. The third kappa shape index (κ3) is 2.85. The van der Waals surface area contributed by atoms with E-state index in [0.29, 0.717) is 5.92 Å². The molecule has 0 aromatic rings. The van der Waals surface area contributed by atoms with Gasteiger partial charge in [-0.1, -0.05) is 20.8 Å². The minimum Gasteiger partial charge on any atom is -0.465 e. The van der Waals surface area contributed by atoms with Crippen LogP contribution in [0.1, 0.15) is 40.0 Å². The zero-order valence-electron chi connectivity index (χ0n) is 10.5. The summed E-state index contributed by atoms with van der Waals surface area (Å²) in [5.41, 5.74) is 1.34. The number of methoxy groups -OCH3 is 1. The molecule has 1 atom stereocenters. The normalized spacial score (nSPS) is 26.8. The molecule has 1 unspecified atom stereocenters. The van der Waals surface area contributed by atoms with Gasteiger partial charge in [-0.05, 0) is 36.2 Å². The molecular formula is C13H19NO2. The molecule has 1 rings (SSSR count). The first kappa shape index (κ1) is 12.8. The molecule has 0 N–H and O–H groups in total. The van der Waals surface area contributed by atoms with E-state index >= 15 is 0 Å². The van der Waals surface area contributed by atoms with Gasteiger partial charge in [-0.3, -0.25) is 0 Å².